The molecule has 1 saturated heterocycles. The Hall–Kier alpha value is -2.17. The maximum Gasteiger partial charge on any atom is 0.252 e. The second-order valence-corrected chi connectivity index (χ2v) is 6.33. The van der Waals surface area contributed by atoms with Crippen molar-refractivity contribution in [1.82, 2.24) is 5.32 Å². The molecule has 0 spiro atoms. The highest BCUT2D eigenvalue weighted by Crippen LogP contribution is 2.24. The van der Waals surface area contributed by atoms with Crippen molar-refractivity contribution in [2.75, 3.05) is 13.2 Å². The third-order valence-corrected chi connectivity index (χ3v) is 4.61. The Morgan fingerprint density at radius 3 is 2.25 bits per heavy atom. The van der Waals surface area contributed by atoms with E-state index in [4.69, 9.17) is 4.74 Å². The van der Waals surface area contributed by atoms with Gasteiger partial charge in [-0.1, -0.05) is 54.6 Å². The number of carbonyl (C=O) groups is 1. The molecule has 3 rings (SSSR count). The molecule has 1 aliphatic heterocycles. The number of benzene rings is 2. The molecular formula is C20H23NO3. The van der Waals surface area contributed by atoms with Gasteiger partial charge in [-0.2, -0.15) is 0 Å². The maximum atomic E-state index is 12.4. The van der Waals surface area contributed by atoms with Gasteiger partial charge in [0, 0.05) is 26.1 Å². The van der Waals surface area contributed by atoms with Crippen LogP contribution in [0.5, 0.6) is 0 Å². The average Bonchev–Trinajstić information content (AvgIpc) is 2.63. The van der Waals surface area contributed by atoms with E-state index in [2.05, 4.69) is 29.6 Å². The molecule has 4 nitrogen and oxygen atoms in total. The number of rotatable bonds is 4. The van der Waals surface area contributed by atoms with Crippen LogP contribution in [0.2, 0.25) is 0 Å². The Morgan fingerprint density at radius 2 is 1.62 bits per heavy atom. The fourth-order valence-electron chi connectivity index (χ4n) is 2.95. The van der Waals surface area contributed by atoms with Crippen molar-refractivity contribution in [3.05, 3.63) is 60.2 Å². The quantitative estimate of drug-likeness (QED) is 0.908. The van der Waals surface area contributed by atoms with Gasteiger partial charge in [0.1, 0.15) is 5.60 Å². The lowest BCUT2D eigenvalue weighted by Crippen LogP contribution is -2.50. The third-order valence-electron chi connectivity index (χ3n) is 4.61. The number of nitrogens with one attached hydrogen (secondary N) is 1. The normalized spacial score (nSPS) is 17.9. The molecule has 4 heteroatoms. The van der Waals surface area contributed by atoms with E-state index in [0.717, 1.165) is 16.7 Å². The summed E-state index contributed by atoms with van der Waals surface area (Å²) >= 11 is 0. The van der Waals surface area contributed by atoms with Gasteiger partial charge in [-0.15, -0.1) is 0 Å². The Morgan fingerprint density at radius 1 is 1.04 bits per heavy atom. The Kier molecular flexibility index (Phi) is 4.97. The molecule has 0 bridgehead atoms. The molecule has 1 heterocycles. The van der Waals surface area contributed by atoms with Gasteiger partial charge in [-0.3, -0.25) is 4.79 Å². The summed E-state index contributed by atoms with van der Waals surface area (Å²) in [6, 6.07) is 18.1. The van der Waals surface area contributed by atoms with E-state index in [0.29, 0.717) is 26.1 Å². The summed E-state index contributed by atoms with van der Waals surface area (Å²) in [6.45, 7) is 2.77. The Bertz CT molecular complexity index is 676. The molecule has 126 valence electrons. The molecule has 1 amide bonds. The highest BCUT2D eigenvalue weighted by molar-refractivity contribution is 5.85. The molecule has 0 radical (unpaired) electrons. The van der Waals surface area contributed by atoms with Crippen molar-refractivity contribution >= 4 is 5.91 Å². The van der Waals surface area contributed by atoms with Crippen molar-refractivity contribution in [3.63, 3.8) is 0 Å². The van der Waals surface area contributed by atoms with E-state index < -0.39 is 5.60 Å². The first kappa shape index (κ1) is 16.7. The van der Waals surface area contributed by atoms with Crippen LogP contribution in [0.3, 0.4) is 0 Å². The Balaban J connectivity index is 1.67. The number of aliphatic hydroxyl groups is 1. The van der Waals surface area contributed by atoms with Gasteiger partial charge in [-0.05, 0) is 23.6 Å². The topological polar surface area (TPSA) is 58.6 Å². The van der Waals surface area contributed by atoms with Crippen molar-refractivity contribution in [3.8, 4) is 11.1 Å². The van der Waals surface area contributed by atoms with E-state index in [1.54, 1.807) is 0 Å². The maximum absolute atomic E-state index is 12.4. The third kappa shape index (κ3) is 3.66. The molecule has 0 aliphatic carbocycles. The molecule has 1 atom stereocenters. The minimum Gasteiger partial charge on any atom is -0.381 e. The van der Waals surface area contributed by atoms with Crippen LogP contribution >= 0.6 is 0 Å². The van der Waals surface area contributed by atoms with E-state index in [-0.39, 0.29) is 11.9 Å². The highest BCUT2D eigenvalue weighted by Gasteiger charge is 2.38. The SMILES string of the molecule is CC(NC(=O)C1(O)CCOCC1)c1ccc(-c2ccccc2)cc1. The molecule has 2 aromatic rings. The van der Waals surface area contributed by atoms with Crippen molar-refractivity contribution in [2.24, 2.45) is 0 Å². The smallest absolute Gasteiger partial charge is 0.252 e. The van der Waals surface area contributed by atoms with Crippen molar-refractivity contribution in [1.29, 1.82) is 0 Å². The van der Waals surface area contributed by atoms with Gasteiger partial charge >= 0.3 is 0 Å². The minimum atomic E-state index is -1.31. The number of amides is 1. The van der Waals surface area contributed by atoms with Crippen molar-refractivity contribution in [2.45, 2.75) is 31.4 Å². The summed E-state index contributed by atoms with van der Waals surface area (Å²) in [5.41, 5.74) is 2.01. The van der Waals surface area contributed by atoms with E-state index in [1.807, 2.05) is 37.3 Å². The Labute approximate surface area is 142 Å². The van der Waals surface area contributed by atoms with Crippen LogP contribution < -0.4 is 5.32 Å². The summed E-state index contributed by atoms with van der Waals surface area (Å²) in [4.78, 5) is 12.4. The van der Waals surface area contributed by atoms with Crippen LogP contribution in [0.15, 0.2) is 54.6 Å². The largest absolute Gasteiger partial charge is 0.381 e. The lowest BCUT2D eigenvalue weighted by Gasteiger charge is -2.31. The zero-order valence-electron chi connectivity index (χ0n) is 13.9. The van der Waals surface area contributed by atoms with Crippen LogP contribution in [0.1, 0.15) is 31.4 Å². The van der Waals surface area contributed by atoms with Crippen LogP contribution in [-0.2, 0) is 9.53 Å². The molecule has 0 aromatic heterocycles. The van der Waals surface area contributed by atoms with Crippen LogP contribution in [0, 0.1) is 0 Å². The predicted molar refractivity (Wildman–Crippen MR) is 93.4 cm³/mol. The molecule has 1 aliphatic rings. The number of ether oxygens (including phenoxy) is 1. The number of hydrogen-bond donors (Lipinski definition) is 2. The van der Waals surface area contributed by atoms with Crippen molar-refractivity contribution < 1.29 is 14.6 Å². The van der Waals surface area contributed by atoms with E-state index in [9.17, 15) is 9.90 Å². The fraction of sp³-hybridized carbons (Fsp3) is 0.350. The number of hydrogen-bond acceptors (Lipinski definition) is 3. The van der Waals surface area contributed by atoms with Gasteiger partial charge in [0.2, 0.25) is 0 Å². The molecule has 1 unspecified atom stereocenters. The zero-order valence-corrected chi connectivity index (χ0v) is 13.9. The molecule has 2 N–H and O–H groups in total. The standard InChI is InChI=1S/C20H23NO3/c1-15(21-19(22)20(23)11-13-24-14-12-20)16-7-9-18(10-8-16)17-5-3-2-4-6-17/h2-10,15,23H,11-14H2,1H3,(H,21,22). The van der Waals surface area contributed by atoms with E-state index >= 15 is 0 Å². The summed E-state index contributed by atoms with van der Waals surface area (Å²) in [7, 11) is 0. The average molecular weight is 325 g/mol. The summed E-state index contributed by atoms with van der Waals surface area (Å²) in [6.07, 6.45) is 0.691. The van der Waals surface area contributed by atoms with Crippen LogP contribution in [0.25, 0.3) is 11.1 Å². The summed E-state index contributed by atoms with van der Waals surface area (Å²) in [5, 5.41) is 13.4. The summed E-state index contributed by atoms with van der Waals surface area (Å²) in [5.74, 6) is -0.314. The first-order valence-electron chi connectivity index (χ1n) is 8.35. The lowest BCUT2D eigenvalue weighted by atomic mass is 9.92. The number of carbonyl (C=O) groups excluding carboxylic acids is 1. The van der Waals surface area contributed by atoms with Crippen LogP contribution in [-0.4, -0.2) is 29.8 Å². The van der Waals surface area contributed by atoms with Gasteiger partial charge in [-0.25, -0.2) is 0 Å². The molecule has 24 heavy (non-hydrogen) atoms. The summed E-state index contributed by atoms with van der Waals surface area (Å²) < 4.78 is 5.22. The first-order valence-corrected chi connectivity index (χ1v) is 8.35. The second kappa shape index (κ2) is 7.16. The minimum absolute atomic E-state index is 0.158. The molecule has 1 fully saturated rings. The van der Waals surface area contributed by atoms with Crippen LogP contribution in [0.4, 0.5) is 0 Å². The lowest BCUT2D eigenvalue weighted by molar-refractivity contribution is -0.150. The fourth-order valence-corrected chi connectivity index (χ4v) is 2.95. The molecular weight excluding hydrogens is 302 g/mol. The van der Waals surface area contributed by atoms with Gasteiger partial charge < -0.3 is 15.2 Å². The van der Waals surface area contributed by atoms with Gasteiger partial charge in [0.15, 0.2) is 0 Å². The zero-order chi connectivity index (χ0) is 17.0. The predicted octanol–water partition coefficient (Wildman–Crippen LogP) is 3.07. The van der Waals surface area contributed by atoms with Gasteiger partial charge in [0.05, 0.1) is 6.04 Å². The monoisotopic (exact) mass is 325 g/mol. The van der Waals surface area contributed by atoms with E-state index in [1.165, 1.54) is 0 Å². The molecule has 2 aromatic carbocycles. The second-order valence-electron chi connectivity index (χ2n) is 6.33. The highest BCUT2D eigenvalue weighted by atomic mass is 16.5. The molecule has 0 saturated carbocycles. The first-order chi connectivity index (χ1) is 11.6. The van der Waals surface area contributed by atoms with Gasteiger partial charge in [0.25, 0.3) is 5.91 Å².